The van der Waals surface area contributed by atoms with E-state index in [-0.39, 0.29) is 24.5 Å². The lowest BCUT2D eigenvalue weighted by Crippen LogP contribution is -2.22. The minimum absolute atomic E-state index is 0.00525. The number of hydrogen-bond acceptors (Lipinski definition) is 2. The second kappa shape index (κ2) is 6.54. The zero-order valence-electron chi connectivity index (χ0n) is 10.6. The van der Waals surface area contributed by atoms with E-state index in [2.05, 4.69) is 5.32 Å². The summed E-state index contributed by atoms with van der Waals surface area (Å²) in [6.45, 7) is 0.190. The van der Waals surface area contributed by atoms with Crippen LogP contribution in [-0.4, -0.2) is 11.7 Å². The van der Waals surface area contributed by atoms with Crippen LogP contribution in [0.5, 0.6) is 0 Å². The van der Waals surface area contributed by atoms with Crippen LogP contribution in [0.2, 0.25) is 0 Å². The van der Waals surface area contributed by atoms with Crippen LogP contribution in [0.25, 0.3) is 0 Å². The first-order valence-electron chi connectivity index (χ1n) is 6.15. The highest BCUT2D eigenvalue weighted by atomic mass is 19.1. The number of nitrogens with one attached hydrogen (secondary N) is 1. The van der Waals surface area contributed by atoms with Gasteiger partial charge in [0, 0.05) is 24.2 Å². The number of halogens is 3. The molecular formula is C15H14F3NO. The summed E-state index contributed by atoms with van der Waals surface area (Å²) in [6.07, 6.45) is -1.20. The lowest BCUT2D eigenvalue weighted by Gasteiger charge is -2.13. The Bertz CT molecular complexity index is 589. The van der Waals surface area contributed by atoms with E-state index in [4.69, 9.17) is 0 Å². The van der Waals surface area contributed by atoms with Gasteiger partial charge in [-0.15, -0.1) is 0 Å². The topological polar surface area (TPSA) is 32.3 Å². The molecule has 0 aliphatic heterocycles. The molecule has 0 aliphatic rings. The number of aliphatic hydroxyl groups is 1. The van der Waals surface area contributed by atoms with Crippen molar-refractivity contribution in [2.75, 3.05) is 6.54 Å². The van der Waals surface area contributed by atoms with Gasteiger partial charge in [-0.2, -0.15) is 0 Å². The van der Waals surface area contributed by atoms with Gasteiger partial charge >= 0.3 is 0 Å². The Morgan fingerprint density at radius 1 is 1.00 bits per heavy atom. The molecule has 106 valence electrons. The molecular weight excluding hydrogens is 267 g/mol. The van der Waals surface area contributed by atoms with Crippen LogP contribution in [-0.2, 0) is 6.54 Å². The summed E-state index contributed by atoms with van der Waals surface area (Å²) in [6, 6.07) is 9.11. The number of benzene rings is 2. The molecule has 0 aliphatic carbocycles. The molecule has 0 heterocycles. The zero-order valence-corrected chi connectivity index (χ0v) is 10.6. The van der Waals surface area contributed by atoms with Crippen molar-refractivity contribution < 1.29 is 18.3 Å². The van der Waals surface area contributed by atoms with E-state index in [1.165, 1.54) is 6.07 Å². The normalized spacial score (nSPS) is 12.4. The maximum atomic E-state index is 13.4. The first kappa shape index (κ1) is 14.6. The van der Waals surface area contributed by atoms with Crippen LogP contribution in [0.1, 0.15) is 17.2 Å². The second-order valence-electron chi connectivity index (χ2n) is 4.40. The van der Waals surface area contributed by atoms with Gasteiger partial charge in [0.05, 0.1) is 6.10 Å². The second-order valence-corrected chi connectivity index (χ2v) is 4.40. The molecule has 0 saturated carbocycles. The van der Waals surface area contributed by atoms with E-state index in [0.717, 1.165) is 18.2 Å². The zero-order chi connectivity index (χ0) is 14.5. The van der Waals surface area contributed by atoms with E-state index in [9.17, 15) is 18.3 Å². The van der Waals surface area contributed by atoms with Gasteiger partial charge < -0.3 is 10.4 Å². The molecule has 5 heteroatoms. The van der Waals surface area contributed by atoms with Gasteiger partial charge in [0.15, 0.2) is 0 Å². The third-order valence-corrected chi connectivity index (χ3v) is 2.93. The SMILES string of the molecule is OC(CNCc1ccccc1F)c1cc(F)ccc1F. The fourth-order valence-corrected chi connectivity index (χ4v) is 1.87. The van der Waals surface area contributed by atoms with E-state index in [1.54, 1.807) is 18.2 Å². The molecule has 1 atom stereocenters. The molecule has 0 fully saturated rings. The van der Waals surface area contributed by atoms with Crippen molar-refractivity contribution >= 4 is 0 Å². The molecule has 2 N–H and O–H groups in total. The first-order chi connectivity index (χ1) is 9.58. The fraction of sp³-hybridized carbons (Fsp3) is 0.200. The minimum atomic E-state index is -1.20. The highest BCUT2D eigenvalue weighted by Gasteiger charge is 2.13. The van der Waals surface area contributed by atoms with Crippen LogP contribution in [0.4, 0.5) is 13.2 Å². The summed E-state index contributed by atoms with van der Waals surface area (Å²) in [5.74, 6) is -1.65. The molecule has 2 nitrogen and oxygen atoms in total. The molecule has 0 bridgehead atoms. The summed E-state index contributed by atoms with van der Waals surface area (Å²) in [4.78, 5) is 0. The quantitative estimate of drug-likeness (QED) is 0.883. The third kappa shape index (κ3) is 3.59. The molecule has 0 amide bonds. The van der Waals surface area contributed by atoms with Crippen molar-refractivity contribution in [3.05, 3.63) is 71.0 Å². The number of hydrogen-bond donors (Lipinski definition) is 2. The molecule has 0 aromatic heterocycles. The summed E-state index contributed by atoms with van der Waals surface area (Å²) >= 11 is 0. The Labute approximate surface area is 114 Å². The van der Waals surface area contributed by atoms with Gasteiger partial charge in [-0.3, -0.25) is 0 Å². The van der Waals surface area contributed by atoms with Gasteiger partial charge in [-0.1, -0.05) is 18.2 Å². The summed E-state index contributed by atoms with van der Waals surface area (Å²) in [5, 5.41) is 12.6. The fourth-order valence-electron chi connectivity index (χ4n) is 1.87. The third-order valence-electron chi connectivity index (χ3n) is 2.93. The number of rotatable bonds is 5. The molecule has 0 radical (unpaired) electrons. The predicted molar refractivity (Wildman–Crippen MR) is 69.4 cm³/mol. The summed E-state index contributed by atoms with van der Waals surface area (Å²) < 4.78 is 39.8. The van der Waals surface area contributed by atoms with Gasteiger partial charge in [0.1, 0.15) is 17.5 Å². The first-order valence-corrected chi connectivity index (χ1v) is 6.15. The maximum absolute atomic E-state index is 13.4. The van der Waals surface area contributed by atoms with Crippen molar-refractivity contribution in [1.82, 2.24) is 5.32 Å². The smallest absolute Gasteiger partial charge is 0.129 e. The average Bonchev–Trinajstić information content (AvgIpc) is 2.43. The van der Waals surface area contributed by atoms with Crippen LogP contribution in [0.15, 0.2) is 42.5 Å². The lowest BCUT2D eigenvalue weighted by molar-refractivity contribution is 0.169. The van der Waals surface area contributed by atoms with Crippen molar-refractivity contribution in [1.29, 1.82) is 0 Å². The van der Waals surface area contributed by atoms with Crippen molar-refractivity contribution in [2.24, 2.45) is 0 Å². The lowest BCUT2D eigenvalue weighted by atomic mass is 10.1. The van der Waals surface area contributed by atoms with Crippen molar-refractivity contribution in [2.45, 2.75) is 12.6 Å². The Balaban J connectivity index is 1.94. The molecule has 2 rings (SSSR count). The van der Waals surface area contributed by atoms with E-state index in [0.29, 0.717) is 5.56 Å². The molecule has 20 heavy (non-hydrogen) atoms. The maximum Gasteiger partial charge on any atom is 0.129 e. The summed E-state index contributed by atoms with van der Waals surface area (Å²) in [5.41, 5.74) is 0.324. The minimum Gasteiger partial charge on any atom is -0.387 e. The largest absolute Gasteiger partial charge is 0.387 e. The summed E-state index contributed by atoms with van der Waals surface area (Å²) in [7, 11) is 0. The van der Waals surface area contributed by atoms with Crippen molar-refractivity contribution in [3.63, 3.8) is 0 Å². The number of aliphatic hydroxyl groups excluding tert-OH is 1. The molecule has 1 unspecified atom stereocenters. The predicted octanol–water partition coefficient (Wildman–Crippen LogP) is 2.93. The standard InChI is InChI=1S/C15H14F3NO/c16-11-5-6-14(18)12(7-11)15(20)9-19-8-10-3-1-2-4-13(10)17/h1-7,15,19-20H,8-9H2. The van der Waals surface area contributed by atoms with Crippen LogP contribution < -0.4 is 5.32 Å². The molecule has 2 aromatic carbocycles. The van der Waals surface area contributed by atoms with E-state index >= 15 is 0 Å². The Morgan fingerprint density at radius 3 is 2.50 bits per heavy atom. The van der Waals surface area contributed by atoms with Crippen LogP contribution in [0, 0.1) is 17.5 Å². The highest BCUT2D eigenvalue weighted by molar-refractivity contribution is 5.21. The Kier molecular flexibility index (Phi) is 4.76. The molecule has 0 spiro atoms. The van der Waals surface area contributed by atoms with E-state index in [1.807, 2.05) is 0 Å². The van der Waals surface area contributed by atoms with Crippen LogP contribution >= 0.6 is 0 Å². The van der Waals surface area contributed by atoms with Gasteiger partial charge in [0.25, 0.3) is 0 Å². The average molecular weight is 281 g/mol. The van der Waals surface area contributed by atoms with E-state index < -0.39 is 17.7 Å². The monoisotopic (exact) mass is 281 g/mol. The van der Waals surface area contributed by atoms with Gasteiger partial charge in [0.2, 0.25) is 0 Å². The molecule has 2 aromatic rings. The Morgan fingerprint density at radius 2 is 1.75 bits per heavy atom. The highest BCUT2D eigenvalue weighted by Crippen LogP contribution is 2.18. The van der Waals surface area contributed by atoms with Crippen LogP contribution in [0.3, 0.4) is 0 Å². The van der Waals surface area contributed by atoms with Crippen molar-refractivity contribution in [3.8, 4) is 0 Å². The molecule has 0 saturated heterocycles. The Hall–Kier alpha value is -1.85. The van der Waals surface area contributed by atoms with Gasteiger partial charge in [-0.05, 0) is 24.3 Å². The van der Waals surface area contributed by atoms with Gasteiger partial charge in [-0.25, -0.2) is 13.2 Å².